The van der Waals surface area contributed by atoms with Crippen LogP contribution in [0.2, 0.25) is 0 Å². The molecular formula is C21H21N3O2. The van der Waals surface area contributed by atoms with Gasteiger partial charge in [-0.3, -0.25) is 9.69 Å². The molecule has 0 radical (unpaired) electrons. The average Bonchev–Trinajstić information content (AvgIpc) is 3.24. The highest BCUT2D eigenvalue weighted by Gasteiger charge is 2.26. The highest BCUT2D eigenvalue weighted by Crippen LogP contribution is 2.22. The van der Waals surface area contributed by atoms with E-state index in [1.54, 1.807) is 6.26 Å². The third-order valence-corrected chi connectivity index (χ3v) is 4.79. The number of nitrogens with zero attached hydrogens (tertiary/aromatic N) is 3. The van der Waals surface area contributed by atoms with Crippen LogP contribution in [0, 0.1) is 5.92 Å². The van der Waals surface area contributed by atoms with Crippen LogP contribution < -0.4 is 0 Å². The van der Waals surface area contributed by atoms with Crippen molar-refractivity contribution in [2.24, 2.45) is 5.92 Å². The highest BCUT2D eigenvalue weighted by atomic mass is 16.3. The quantitative estimate of drug-likeness (QED) is 0.657. The third kappa shape index (κ3) is 3.73. The van der Waals surface area contributed by atoms with E-state index in [9.17, 15) is 4.79 Å². The van der Waals surface area contributed by atoms with Gasteiger partial charge in [0, 0.05) is 42.5 Å². The van der Waals surface area contributed by atoms with Gasteiger partial charge in [0.25, 0.3) is 0 Å². The first-order chi connectivity index (χ1) is 12.8. The summed E-state index contributed by atoms with van der Waals surface area (Å²) < 4.78 is 5.32. The summed E-state index contributed by atoms with van der Waals surface area (Å²) >= 11 is 0. The Labute approximate surface area is 152 Å². The van der Waals surface area contributed by atoms with Crippen molar-refractivity contribution in [3.8, 4) is 11.6 Å². The molecule has 3 heterocycles. The Morgan fingerprint density at radius 1 is 1.12 bits per heavy atom. The molecule has 0 aliphatic carbocycles. The Morgan fingerprint density at radius 2 is 1.92 bits per heavy atom. The molecule has 1 aromatic carbocycles. The molecule has 0 spiro atoms. The molecule has 1 aliphatic heterocycles. The summed E-state index contributed by atoms with van der Waals surface area (Å²) in [5.41, 5.74) is 1.86. The van der Waals surface area contributed by atoms with Crippen molar-refractivity contribution in [2.75, 3.05) is 13.1 Å². The van der Waals surface area contributed by atoms with Crippen LogP contribution in [0.3, 0.4) is 0 Å². The first-order valence-electron chi connectivity index (χ1n) is 8.96. The first-order valence-corrected chi connectivity index (χ1v) is 8.96. The molecular weight excluding hydrogens is 326 g/mol. The number of carbonyl (C=O) groups is 1. The number of Topliss-reactive ketones (excluding diaryl/α,β-unsaturated/α-hetero) is 1. The number of benzene rings is 1. The van der Waals surface area contributed by atoms with Crippen LogP contribution in [0.15, 0.2) is 65.5 Å². The van der Waals surface area contributed by atoms with Crippen molar-refractivity contribution in [1.82, 2.24) is 14.9 Å². The molecule has 5 nitrogen and oxygen atoms in total. The molecule has 1 fully saturated rings. The van der Waals surface area contributed by atoms with Crippen LogP contribution in [0.4, 0.5) is 0 Å². The number of hydrogen-bond donors (Lipinski definition) is 0. The number of hydrogen-bond acceptors (Lipinski definition) is 5. The van der Waals surface area contributed by atoms with E-state index in [-0.39, 0.29) is 11.7 Å². The van der Waals surface area contributed by atoms with Gasteiger partial charge in [0.15, 0.2) is 17.4 Å². The van der Waals surface area contributed by atoms with Gasteiger partial charge in [0.05, 0.1) is 6.26 Å². The van der Waals surface area contributed by atoms with E-state index >= 15 is 0 Å². The molecule has 26 heavy (non-hydrogen) atoms. The molecule has 3 aromatic rings. The van der Waals surface area contributed by atoms with Gasteiger partial charge in [0.1, 0.15) is 0 Å². The van der Waals surface area contributed by atoms with E-state index in [1.165, 1.54) is 0 Å². The number of likely N-dealkylation sites (tertiary alicyclic amines) is 1. The molecule has 132 valence electrons. The minimum Gasteiger partial charge on any atom is -0.461 e. The second-order valence-corrected chi connectivity index (χ2v) is 6.70. The SMILES string of the molecule is O=C(c1ccccc1)[C@H]1CCCN(Cc2cnc(-c3ccco3)nc2)C1. The van der Waals surface area contributed by atoms with Gasteiger partial charge in [-0.2, -0.15) is 0 Å². The number of rotatable bonds is 5. The molecule has 5 heteroatoms. The van der Waals surface area contributed by atoms with Crippen molar-refractivity contribution in [3.63, 3.8) is 0 Å². The summed E-state index contributed by atoms with van der Waals surface area (Å²) in [5.74, 6) is 1.58. The summed E-state index contributed by atoms with van der Waals surface area (Å²) in [4.78, 5) is 23.8. The molecule has 1 saturated heterocycles. The van der Waals surface area contributed by atoms with Crippen molar-refractivity contribution < 1.29 is 9.21 Å². The first kappa shape index (κ1) is 16.7. The Hall–Kier alpha value is -2.79. The summed E-state index contributed by atoms with van der Waals surface area (Å²) in [6.45, 7) is 2.54. The summed E-state index contributed by atoms with van der Waals surface area (Å²) in [6.07, 6.45) is 7.29. The lowest BCUT2D eigenvalue weighted by Crippen LogP contribution is -2.38. The molecule has 0 saturated carbocycles. The van der Waals surface area contributed by atoms with E-state index in [4.69, 9.17) is 4.42 Å². The zero-order valence-electron chi connectivity index (χ0n) is 14.5. The smallest absolute Gasteiger partial charge is 0.195 e. The van der Waals surface area contributed by atoms with Crippen molar-refractivity contribution in [2.45, 2.75) is 19.4 Å². The maximum atomic E-state index is 12.7. The minimum atomic E-state index is 0.0643. The van der Waals surface area contributed by atoms with E-state index in [0.717, 1.165) is 43.6 Å². The van der Waals surface area contributed by atoms with Gasteiger partial charge >= 0.3 is 0 Å². The second-order valence-electron chi connectivity index (χ2n) is 6.70. The van der Waals surface area contributed by atoms with Gasteiger partial charge in [-0.15, -0.1) is 0 Å². The predicted octanol–water partition coefficient (Wildman–Crippen LogP) is 3.83. The topological polar surface area (TPSA) is 59.2 Å². The van der Waals surface area contributed by atoms with E-state index < -0.39 is 0 Å². The Balaban J connectivity index is 1.40. The predicted molar refractivity (Wildman–Crippen MR) is 98.5 cm³/mol. The van der Waals surface area contributed by atoms with Crippen LogP contribution >= 0.6 is 0 Å². The Morgan fingerprint density at radius 3 is 2.65 bits per heavy atom. The Kier molecular flexibility index (Phi) is 4.88. The van der Waals surface area contributed by atoms with Gasteiger partial charge in [0.2, 0.25) is 0 Å². The normalized spacial score (nSPS) is 17.9. The van der Waals surface area contributed by atoms with Crippen molar-refractivity contribution in [1.29, 1.82) is 0 Å². The van der Waals surface area contributed by atoms with Gasteiger partial charge in [-0.25, -0.2) is 9.97 Å². The second kappa shape index (κ2) is 7.62. The zero-order chi connectivity index (χ0) is 17.8. The number of furan rings is 1. The summed E-state index contributed by atoms with van der Waals surface area (Å²) in [5, 5.41) is 0. The highest BCUT2D eigenvalue weighted by molar-refractivity contribution is 5.98. The van der Waals surface area contributed by atoms with Crippen LogP contribution in [-0.4, -0.2) is 33.7 Å². The largest absolute Gasteiger partial charge is 0.461 e. The fourth-order valence-corrected chi connectivity index (χ4v) is 3.48. The molecule has 1 atom stereocenters. The zero-order valence-corrected chi connectivity index (χ0v) is 14.5. The summed E-state index contributed by atoms with van der Waals surface area (Å²) in [6, 6.07) is 13.3. The van der Waals surface area contributed by atoms with E-state index in [0.29, 0.717) is 11.6 Å². The fraction of sp³-hybridized carbons (Fsp3) is 0.286. The van der Waals surface area contributed by atoms with Crippen LogP contribution in [0.25, 0.3) is 11.6 Å². The minimum absolute atomic E-state index is 0.0643. The maximum absolute atomic E-state index is 12.7. The maximum Gasteiger partial charge on any atom is 0.195 e. The average molecular weight is 347 g/mol. The van der Waals surface area contributed by atoms with Crippen LogP contribution in [-0.2, 0) is 6.54 Å². The van der Waals surface area contributed by atoms with Crippen LogP contribution in [0.1, 0.15) is 28.8 Å². The van der Waals surface area contributed by atoms with Gasteiger partial charge < -0.3 is 4.42 Å². The van der Waals surface area contributed by atoms with Gasteiger partial charge in [-0.1, -0.05) is 30.3 Å². The lowest BCUT2D eigenvalue weighted by atomic mass is 9.90. The summed E-state index contributed by atoms with van der Waals surface area (Å²) in [7, 11) is 0. The fourth-order valence-electron chi connectivity index (χ4n) is 3.48. The van der Waals surface area contributed by atoms with E-state index in [1.807, 2.05) is 54.9 Å². The lowest BCUT2D eigenvalue weighted by molar-refractivity contribution is 0.0811. The van der Waals surface area contributed by atoms with Crippen molar-refractivity contribution >= 4 is 5.78 Å². The van der Waals surface area contributed by atoms with E-state index in [2.05, 4.69) is 14.9 Å². The number of piperidine rings is 1. The third-order valence-electron chi connectivity index (χ3n) is 4.79. The molecule has 2 aromatic heterocycles. The number of ketones is 1. The number of aromatic nitrogens is 2. The molecule has 0 bridgehead atoms. The standard InChI is InChI=1S/C21H21N3O2/c25-20(17-6-2-1-3-7-17)18-8-4-10-24(15-18)14-16-12-22-21(23-13-16)19-9-5-11-26-19/h1-3,5-7,9,11-13,18H,4,8,10,14-15H2/t18-/m0/s1. The molecule has 1 aliphatic rings. The monoisotopic (exact) mass is 347 g/mol. The molecule has 0 unspecified atom stereocenters. The lowest BCUT2D eigenvalue weighted by Gasteiger charge is -2.31. The molecule has 0 N–H and O–H groups in total. The van der Waals surface area contributed by atoms with Gasteiger partial charge in [-0.05, 0) is 31.5 Å². The molecule has 4 rings (SSSR count). The molecule has 0 amide bonds. The van der Waals surface area contributed by atoms with Crippen molar-refractivity contribution in [3.05, 3.63) is 72.2 Å². The van der Waals surface area contributed by atoms with Crippen LogP contribution in [0.5, 0.6) is 0 Å². The number of carbonyl (C=O) groups excluding carboxylic acids is 1. The Bertz CT molecular complexity index is 845.